The summed E-state index contributed by atoms with van der Waals surface area (Å²) < 4.78 is 27.0. The highest BCUT2D eigenvalue weighted by Crippen LogP contribution is 2.28. The fraction of sp³-hybridized carbons (Fsp3) is 0.333. The SMILES string of the molecule is Cc1c(Cl)cccc1N1CCNS1(=O)=O. The molecule has 1 aromatic carbocycles. The number of anilines is 1. The lowest BCUT2D eigenvalue weighted by molar-refractivity contribution is 0.591. The van der Waals surface area contributed by atoms with Crippen LogP contribution in [-0.4, -0.2) is 21.5 Å². The van der Waals surface area contributed by atoms with Crippen molar-refractivity contribution >= 4 is 27.5 Å². The van der Waals surface area contributed by atoms with Crippen LogP contribution in [0.4, 0.5) is 5.69 Å². The number of benzene rings is 1. The minimum atomic E-state index is -3.35. The zero-order valence-corrected chi connectivity index (χ0v) is 9.77. The minimum absolute atomic E-state index is 0.439. The lowest BCUT2D eigenvalue weighted by Crippen LogP contribution is -2.29. The summed E-state index contributed by atoms with van der Waals surface area (Å²) in [6, 6.07) is 5.25. The van der Waals surface area contributed by atoms with E-state index in [9.17, 15) is 8.42 Å². The van der Waals surface area contributed by atoms with Gasteiger partial charge in [-0.2, -0.15) is 13.1 Å². The molecule has 1 saturated heterocycles. The summed E-state index contributed by atoms with van der Waals surface area (Å²) in [7, 11) is -3.35. The predicted octanol–water partition coefficient (Wildman–Crippen LogP) is 1.30. The molecule has 1 aromatic rings. The van der Waals surface area contributed by atoms with Crippen molar-refractivity contribution in [3.8, 4) is 0 Å². The van der Waals surface area contributed by atoms with Crippen molar-refractivity contribution in [3.05, 3.63) is 28.8 Å². The Balaban J connectivity index is 2.51. The highest BCUT2D eigenvalue weighted by Gasteiger charge is 2.29. The molecule has 15 heavy (non-hydrogen) atoms. The molecule has 0 aliphatic carbocycles. The molecule has 0 bridgehead atoms. The van der Waals surface area contributed by atoms with Crippen LogP contribution in [0.15, 0.2) is 18.2 Å². The molecule has 0 radical (unpaired) electrons. The van der Waals surface area contributed by atoms with Crippen LogP contribution in [0.1, 0.15) is 5.56 Å². The summed E-state index contributed by atoms with van der Waals surface area (Å²) in [4.78, 5) is 0. The summed E-state index contributed by atoms with van der Waals surface area (Å²) in [5.41, 5.74) is 1.43. The molecule has 1 aliphatic rings. The monoisotopic (exact) mass is 246 g/mol. The Bertz CT molecular complexity index is 487. The third-order valence-electron chi connectivity index (χ3n) is 2.40. The summed E-state index contributed by atoms with van der Waals surface area (Å²) >= 11 is 5.94. The van der Waals surface area contributed by atoms with E-state index in [2.05, 4.69) is 4.72 Å². The van der Waals surface area contributed by atoms with E-state index in [4.69, 9.17) is 11.6 Å². The molecule has 1 aliphatic heterocycles. The summed E-state index contributed by atoms with van der Waals surface area (Å²) in [5, 5.41) is 0.578. The predicted molar refractivity (Wildman–Crippen MR) is 60.5 cm³/mol. The number of halogens is 1. The van der Waals surface area contributed by atoms with Crippen LogP contribution in [0, 0.1) is 6.92 Å². The van der Waals surface area contributed by atoms with Crippen molar-refractivity contribution in [1.29, 1.82) is 0 Å². The second-order valence-corrected chi connectivity index (χ2v) is 5.44. The molecule has 4 nitrogen and oxygen atoms in total. The van der Waals surface area contributed by atoms with Gasteiger partial charge in [-0.15, -0.1) is 0 Å². The number of nitrogens with one attached hydrogen (secondary N) is 1. The van der Waals surface area contributed by atoms with E-state index in [1.165, 1.54) is 4.31 Å². The van der Waals surface area contributed by atoms with Crippen molar-refractivity contribution < 1.29 is 8.42 Å². The minimum Gasteiger partial charge on any atom is -0.256 e. The zero-order valence-electron chi connectivity index (χ0n) is 8.20. The van der Waals surface area contributed by atoms with Crippen LogP contribution < -0.4 is 9.03 Å². The first-order valence-corrected chi connectivity index (χ1v) is 6.36. The summed E-state index contributed by atoms with van der Waals surface area (Å²) in [6.07, 6.45) is 0. The van der Waals surface area contributed by atoms with Gasteiger partial charge in [-0.3, -0.25) is 4.31 Å². The van der Waals surface area contributed by atoms with E-state index >= 15 is 0 Å². The highest BCUT2D eigenvalue weighted by molar-refractivity contribution is 7.91. The Morgan fingerprint density at radius 2 is 2.20 bits per heavy atom. The van der Waals surface area contributed by atoms with E-state index in [-0.39, 0.29) is 0 Å². The average molecular weight is 247 g/mol. The molecule has 0 spiro atoms. The first-order chi connectivity index (χ1) is 7.02. The first-order valence-electron chi connectivity index (χ1n) is 4.55. The molecule has 0 aromatic heterocycles. The Kier molecular flexibility index (Phi) is 2.62. The number of hydrogen-bond acceptors (Lipinski definition) is 2. The van der Waals surface area contributed by atoms with Crippen LogP contribution >= 0.6 is 11.6 Å². The molecule has 1 heterocycles. The maximum Gasteiger partial charge on any atom is 0.301 e. The van der Waals surface area contributed by atoms with Gasteiger partial charge in [0.25, 0.3) is 0 Å². The highest BCUT2D eigenvalue weighted by atomic mass is 35.5. The van der Waals surface area contributed by atoms with Gasteiger partial charge in [0.15, 0.2) is 0 Å². The van der Waals surface area contributed by atoms with Gasteiger partial charge in [0.2, 0.25) is 0 Å². The summed E-state index contributed by atoms with van der Waals surface area (Å²) in [5.74, 6) is 0. The van der Waals surface area contributed by atoms with Gasteiger partial charge in [-0.05, 0) is 24.6 Å². The molecule has 82 valence electrons. The smallest absolute Gasteiger partial charge is 0.256 e. The normalized spacial score (nSPS) is 19.5. The van der Waals surface area contributed by atoms with Gasteiger partial charge in [0.05, 0.1) is 5.69 Å². The Hall–Kier alpha value is -0.780. The van der Waals surface area contributed by atoms with Gasteiger partial charge in [-0.1, -0.05) is 17.7 Å². The van der Waals surface area contributed by atoms with Crippen LogP contribution in [0.25, 0.3) is 0 Å². The molecule has 1 fully saturated rings. The topological polar surface area (TPSA) is 49.4 Å². The van der Waals surface area contributed by atoms with Crippen molar-refractivity contribution in [2.45, 2.75) is 6.92 Å². The van der Waals surface area contributed by atoms with E-state index in [1.807, 2.05) is 6.92 Å². The molecule has 6 heteroatoms. The second kappa shape index (κ2) is 3.66. The first kappa shape index (κ1) is 10.7. The molecule has 1 N–H and O–H groups in total. The molecule has 0 saturated carbocycles. The maximum atomic E-state index is 11.6. The third-order valence-corrected chi connectivity index (χ3v) is 4.34. The lowest BCUT2D eigenvalue weighted by atomic mass is 10.2. The van der Waals surface area contributed by atoms with Crippen molar-refractivity contribution in [2.24, 2.45) is 0 Å². The van der Waals surface area contributed by atoms with Crippen molar-refractivity contribution in [1.82, 2.24) is 4.72 Å². The Morgan fingerprint density at radius 3 is 2.80 bits per heavy atom. The second-order valence-electron chi connectivity index (χ2n) is 3.36. The molecule has 0 amide bonds. The maximum absolute atomic E-state index is 11.6. The van der Waals surface area contributed by atoms with Crippen molar-refractivity contribution in [3.63, 3.8) is 0 Å². The van der Waals surface area contributed by atoms with E-state index in [0.29, 0.717) is 23.8 Å². The number of rotatable bonds is 1. The van der Waals surface area contributed by atoms with E-state index < -0.39 is 10.2 Å². The number of hydrogen-bond donors (Lipinski definition) is 1. The van der Waals surface area contributed by atoms with Gasteiger partial charge >= 0.3 is 10.2 Å². The molecule has 2 rings (SSSR count). The summed E-state index contributed by atoms with van der Waals surface area (Å²) in [6.45, 7) is 2.70. The van der Waals surface area contributed by atoms with Gasteiger partial charge in [0.1, 0.15) is 0 Å². The van der Waals surface area contributed by atoms with Crippen molar-refractivity contribution in [2.75, 3.05) is 17.4 Å². The Morgan fingerprint density at radius 1 is 1.47 bits per heavy atom. The third kappa shape index (κ3) is 1.82. The standard InChI is InChI=1S/C9H11ClN2O2S/c1-7-8(10)3-2-4-9(7)12-6-5-11-15(12,13)14/h2-4,11H,5-6H2,1H3. The van der Waals surface area contributed by atoms with Gasteiger partial charge in [0, 0.05) is 18.1 Å². The fourth-order valence-corrected chi connectivity index (χ4v) is 3.05. The van der Waals surface area contributed by atoms with Crippen LogP contribution in [0.2, 0.25) is 5.02 Å². The quantitative estimate of drug-likeness (QED) is 0.812. The van der Waals surface area contributed by atoms with Gasteiger partial charge in [-0.25, -0.2) is 0 Å². The molecule has 0 unspecified atom stereocenters. The molecular formula is C9H11ClN2O2S. The molecule has 0 atom stereocenters. The Labute approximate surface area is 94.0 Å². The lowest BCUT2D eigenvalue weighted by Gasteiger charge is -2.18. The fourth-order valence-electron chi connectivity index (χ4n) is 1.59. The van der Waals surface area contributed by atoms with Gasteiger partial charge < -0.3 is 0 Å². The van der Waals surface area contributed by atoms with E-state index in [0.717, 1.165) is 5.56 Å². The van der Waals surface area contributed by atoms with Crippen LogP contribution in [0.3, 0.4) is 0 Å². The molecular weight excluding hydrogens is 236 g/mol. The van der Waals surface area contributed by atoms with E-state index in [1.54, 1.807) is 18.2 Å². The van der Waals surface area contributed by atoms with Crippen LogP contribution in [0.5, 0.6) is 0 Å². The average Bonchev–Trinajstić information content (AvgIpc) is 2.50. The number of nitrogens with zero attached hydrogens (tertiary/aromatic N) is 1. The largest absolute Gasteiger partial charge is 0.301 e. The zero-order chi connectivity index (χ0) is 11.1. The van der Waals surface area contributed by atoms with Crippen LogP contribution in [-0.2, 0) is 10.2 Å².